The van der Waals surface area contributed by atoms with Crippen molar-refractivity contribution in [3.63, 3.8) is 0 Å². The molecule has 0 aromatic heterocycles. The molecular weight excluding hydrogens is 270 g/mol. The van der Waals surface area contributed by atoms with Crippen molar-refractivity contribution in [3.8, 4) is 6.07 Å². The lowest BCUT2D eigenvalue weighted by Gasteiger charge is -2.05. The normalized spacial score (nSPS) is 10.6. The standard InChI is InChI=1S/C8H6ClN3O4S/c9-5-17(15,16)11-7-2-1-6(4-10)3-8(7)12(13)14/h1-3,11H,5H2. The molecule has 9 heteroatoms. The van der Waals surface area contributed by atoms with Gasteiger partial charge in [0.1, 0.15) is 10.9 Å². The topological polar surface area (TPSA) is 113 Å². The Balaban J connectivity index is 3.26. The van der Waals surface area contributed by atoms with Crippen molar-refractivity contribution in [3.05, 3.63) is 33.9 Å². The van der Waals surface area contributed by atoms with Gasteiger partial charge in [0.25, 0.3) is 5.69 Å². The van der Waals surface area contributed by atoms with E-state index >= 15 is 0 Å². The molecule has 1 rings (SSSR count). The fourth-order valence-corrected chi connectivity index (χ4v) is 1.76. The van der Waals surface area contributed by atoms with E-state index in [0.29, 0.717) is 0 Å². The quantitative estimate of drug-likeness (QED) is 0.507. The van der Waals surface area contributed by atoms with Crippen LogP contribution in [0.5, 0.6) is 0 Å². The van der Waals surface area contributed by atoms with Crippen LogP contribution >= 0.6 is 11.6 Å². The highest BCUT2D eigenvalue weighted by atomic mass is 35.5. The van der Waals surface area contributed by atoms with Crippen LogP contribution in [0.2, 0.25) is 0 Å². The van der Waals surface area contributed by atoms with Crippen LogP contribution in [-0.4, -0.2) is 18.6 Å². The zero-order valence-corrected chi connectivity index (χ0v) is 9.83. The Bertz CT molecular complexity index is 593. The van der Waals surface area contributed by atoms with Gasteiger partial charge in [0.2, 0.25) is 10.0 Å². The maximum Gasteiger partial charge on any atom is 0.294 e. The van der Waals surface area contributed by atoms with E-state index in [0.717, 1.165) is 12.1 Å². The monoisotopic (exact) mass is 275 g/mol. The lowest BCUT2D eigenvalue weighted by atomic mass is 10.2. The molecule has 90 valence electrons. The van der Waals surface area contributed by atoms with Gasteiger partial charge in [-0.1, -0.05) is 0 Å². The molecule has 0 atom stereocenters. The molecule has 0 aliphatic rings. The molecule has 7 nitrogen and oxygen atoms in total. The molecule has 0 spiro atoms. The highest BCUT2D eigenvalue weighted by molar-refractivity contribution is 7.93. The van der Waals surface area contributed by atoms with Gasteiger partial charge in [-0.05, 0) is 12.1 Å². The summed E-state index contributed by atoms with van der Waals surface area (Å²) in [5.41, 5.74) is -0.669. The van der Waals surface area contributed by atoms with Crippen molar-refractivity contribution >= 4 is 33.0 Å². The third-order valence-corrected chi connectivity index (χ3v) is 3.41. The summed E-state index contributed by atoms with van der Waals surface area (Å²) in [7, 11) is -3.82. The molecule has 1 N–H and O–H groups in total. The zero-order chi connectivity index (χ0) is 13.1. The van der Waals surface area contributed by atoms with Gasteiger partial charge in [0, 0.05) is 6.07 Å². The molecule has 0 unspecified atom stereocenters. The SMILES string of the molecule is N#Cc1ccc(NS(=O)(=O)CCl)c([N+](=O)[O-])c1. The first-order valence-corrected chi connectivity index (χ1v) is 6.33. The van der Waals surface area contributed by atoms with Gasteiger partial charge >= 0.3 is 0 Å². The summed E-state index contributed by atoms with van der Waals surface area (Å²) in [4.78, 5) is 9.91. The first kappa shape index (κ1) is 13.2. The predicted molar refractivity (Wildman–Crippen MR) is 61.1 cm³/mol. The van der Waals surface area contributed by atoms with Crippen molar-refractivity contribution in [2.45, 2.75) is 0 Å². The Morgan fingerprint density at radius 3 is 2.65 bits per heavy atom. The molecule has 1 aromatic carbocycles. The predicted octanol–water partition coefficient (Wildman–Crippen LogP) is 1.40. The summed E-state index contributed by atoms with van der Waals surface area (Å²) in [5.74, 6) is 0. The molecule has 0 fully saturated rings. The number of benzene rings is 1. The molecule has 0 heterocycles. The van der Waals surface area contributed by atoms with E-state index in [-0.39, 0.29) is 11.3 Å². The van der Waals surface area contributed by atoms with Crippen molar-refractivity contribution < 1.29 is 13.3 Å². The van der Waals surface area contributed by atoms with Gasteiger partial charge in [-0.2, -0.15) is 5.26 Å². The molecule has 0 amide bonds. The van der Waals surface area contributed by atoms with Crippen LogP contribution in [0.15, 0.2) is 18.2 Å². The van der Waals surface area contributed by atoms with E-state index in [1.54, 1.807) is 6.07 Å². The number of alkyl halides is 1. The zero-order valence-electron chi connectivity index (χ0n) is 8.25. The molecule has 0 saturated carbocycles. The number of nitrogens with zero attached hydrogens (tertiary/aromatic N) is 2. The Labute approximate surface area is 102 Å². The van der Waals surface area contributed by atoms with Gasteiger partial charge in [-0.15, -0.1) is 11.6 Å². The fraction of sp³-hybridized carbons (Fsp3) is 0.125. The largest absolute Gasteiger partial charge is 0.294 e. The van der Waals surface area contributed by atoms with Crippen LogP contribution in [0.25, 0.3) is 0 Å². The summed E-state index contributed by atoms with van der Waals surface area (Å²) in [6, 6.07) is 5.10. The summed E-state index contributed by atoms with van der Waals surface area (Å²) < 4.78 is 24.3. The second-order valence-electron chi connectivity index (χ2n) is 2.93. The van der Waals surface area contributed by atoms with E-state index in [1.807, 2.05) is 4.72 Å². The summed E-state index contributed by atoms with van der Waals surface area (Å²) in [6.45, 7) is 0. The average molecular weight is 276 g/mol. The summed E-state index contributed by atoms with van der Waals surface area (Å²) in [5, 5.41) is 18.6. The molecule has 0 aliphatic carbocycles. The fourth-order valence-electron chi connectivity index (χ4n) is 1.03. The molecule has 0 bridgehead atoms. The van der Waals surface area contributed by atoms with Crippen LogP contribution in [0.1, 0.15) is 5.56 Å². The third-order valence-electron chi connectivity index (χ3n) is 1.73. The number of nitro groups is 1. The third kappa shape index (κ3) is 3.30. The van der Waals surface area contributed by atoms with Gasteiger partial charge in [-0.25, -0.2) is 8.42 Å². The van der Waals surface area contributed by atoms with E-state index in [9.17, 15) is 18.5 Å². The first-order valence-electron chi connectivity index (χ1n) is 4.14. The maximum absolute atomic E-state index is 11.2. The number of sulfonamides is 1. The Morgan fingerprint density at radius 2 is 2.18 bits per heavy atom. The van der Waals surface area contributed by atoms with Crippen molar-refractivity contribution in [2.75, 3.05) is 9.93 Å². The number of anilines is 1. The van der Waals surface area contributed by atoms with Crippen LogP contribution in [-0.2, 0) is 10.0 Å². The minimum Gasteiger partial charge on any atom is -0.276 e. The summed E-state index contributed by atoms with van der Waals surface area (Å²) >= 11 is 5.16. The molecule has 0 saturated heterocycles. The highest BCUT2D eigenvalue weighted by Crippen LogP contribution is 2.26. The van der Waals surface area contributed by atoms with Crippen LogP contribution in [0.4, 0.5) is 11.4 Å². The number of hydrogen-bond acceptors (Lipinski definition) is 5. The highest BCUT2D eigenvalue weighted by Gasteiger charge is 2.19. The van der Waals surface area contributed by atoms with E-state index < -0.39 is 25.8 Å². The lowest BCUT2D eigenvalue weighted by molar-refractivity contribution is -0.383. The second kappa shape index (κ2) is 4.99. The summed E-state index contributed by atoms with van der Waals surface area (Å²) in [6.07, 6.45) is 0. The molecule has 0 aliphatic heterocycles. The van der Waals surface area contributed by atoms with Crippen molar-refractivity contribution in [1.29, 1.82) is 5.26 Å². The van der Waals surface area contributed by atoms with Crippen LogP contribution < -0.4 is 4.72 Å². The maximum atomic E-state index is 11.2. The molecule has 0 radical (unpaired) electrons. The minimum atomic E-state index is -3.82. The van der Waals surface area contributed by atoms with E-state index in [2.05, 4.69) is 0 Å². The van der Waals surface area contributed by atoms with Crippen molar-refractivity contribution in [2.24, 2.45) is 0 Å². The number of nitro benzene ring substituents is 1. The van der Waals surface area contributed by atoms with Gasteiger partial charge in [-0.3, -0.25) is 14.8 Å². The molecule has 17 heavy (non-hydrogen) atoms. The van der Waals surface area contributed by atoms with E-state index in [4.69, 9.17) is 16.9 Å². The first-order chi connectivity index (χ1) is 7.89. The molecule has 1 aromatic rings. The Hall–Kier alpha value is -1.85. The van der Waals surface area contributed by atoms with Crippen molar-refractivity contribution in [1.82, 2.24) is 0 Å². The number of hydrogen-bond donors (Lipinski definition) is 1. The second-order valence-corrected chi connectivity index (χ2v) is 5.23. The minimum absolute atomic E-state index is 0.0607. The number of nitrogens with one attached hydrogen (secondary N) is 1. The number of halogens is 1. The Morgan fingerprint density at radius 1 is 1.53 bits per heavy atom. The molecular formula is C8H6ClN3O4S. The Kier molecular flexibility index (Phi) is 3.88. The lowest BCUT2D eigenvalue weighted by Crippen LogP contribution is -2.14. The van der Waals surface area contributed by atoms with E-state index in [1.165, 1.54) is 6.07 Å². The van der Waals surface area contributed by atoms with Gasteiger partial charge in [0.15, 0.2) is 0 Å². The van der Waals surface area contributed by atoms with Gasteiger partial charge in [0.05, 0.1) is 16.6 Å². The number of rotatable bonds is 4. The van der Waals surface area contributed by atoms with Crippen LogP contribution in [0.3, 0.4) is 0 Å². The average Bonchev–Trinajstić information content (AvgIpc) is 2.29. The number of nitriles is 1. The van der Waals surface area contributed by atoms with Gasteiger partial charge < -0.3 is 0 Å². The van der Waals surface area contributed by atoms with Crippen LogP contribution in [0, 0.1) is 21.4 Å². The smallest absolute Gasteiger partial charge is 0.276 e.